The van der Waals surface area contributed by atoms with E-state index >= 15 is 0 Å². The van der Waals surface area contributed by atoms with Crippen LogP contribution in [-0.4, -0.2) is 48.6 Å². The number of benzene rings is 2. The molecule has 33 heavy (non-hydrogen) atoms. The zero-order chi connectivity index (χ0) is 22.8. The summed E-state index contributed by atoms with van der Waals surface area (Å²) in [6, 6.07) is 18.1. The van der Waals surface area contributed by atoms with Crippen molar-refractivity contribution in [3.05, 3.63) is 77.4 Å². The lowest BCUT2D eigenvalue weighted by molar-refractivity contribution is 0.0748. The Hall–Kier alpha value is -3.45. The molecule has 168 valence electrons. The third kappa shape index (κ3) is 4.28. The van der Waals surface area contributed by atoms with Crippen LogP contribution in [0.2, 0.25) is 0 Å². The van der Waals surface area contributed by atoms with Crippen molar-refractivity contribution in [3.63, 3.8) is 0 Å². The number of ether oxygens (including phenoxy) is 1. The smallest absolute Gasteiger partial charge is 0.254 e. The highest BCUT2D eigenvalue weighted by molar-refractivity contribution is 7.13. The summed E-state index contributed by atoms with van der Waals surface area (Å²) in [5.74, 6) is 0.388. The number of amides is 1. The second kappa shape index (κ2) is 9.19. The van der Waals surface area contributed by atoms with Gasteiger partial charge in [0.1, 0.15) is 11.6 Å². The Morgan fingerprint density at radius 3 is 2.64 bits per heavy atom. The van der Waals surface area contributed by atoms with E-state index < -0.39 is 0 Å². The van der Waals surface area contributed by atoms with Gasteiger partial charge in [-0.25, -0.2) is 9.37 Å². The highest BCUT2D eigenvalue weighted by Gasteiger charge is 2.26. The molecule has 0 saturated carbocycles. The molecule has 0 N–H and O–H groups in total. The minimum absolute atomic E-state index is 0.0939. The van der Waals surface area contributed by atoms with E-state index in [1.165, 1.54) is 12.1 Å². The Bertz CT molecular complexity index is 1280. The maximum Gasteiger partial charge on any atom is 0.254 e. The molecule has 1 amide bonds. The highest BCUT2D eigenvalue weighted by Crippen LogP contribution is 2.31. The number of nitrogens with zero attached hydrogens (tertiary/aromatic N) is 3. The van der Waals surface area contributed by atoms with Crippen LogP contribution in [0.1, 0.15) is 17.3 Å². The fourth-order valence-electron chi connectivity index (χ4n) is 4.24. The van der Waals surface area contributed by atoms with Gasteiger partial charge < -0.3 is 14.5 Å². The molecule has 0 unspecified atom stereocenters. The number of halogens is 1. The van der Waals surface area contributed by atoms with Gasteiger partial charge in [-0.05, 0) is 54.8 Å². The minimum atomic E-state index is -0.375. The number of fused-ring (bicyclic) bond motifs is 1. The highest BCUT2D eigenvalue weighted by atomic mass is 32.1. The van der Waals surface area contributed by atoms with Crippen LogP contribution in [0.25, 0.3) is 21.5 Å². The van der Waals surface area contributed by atoms with E-state index in [1.807, 2.05) is 47.5 Å². The molecule has 1 aliphatic heterocycles. The Morgan fingerprint density at radius 2 is 1.88 bits per heavy atom. The number of pyridine rings is 1. The zero-order valence-corrected chi connectivity index (χ0v) is 19.1. The Kier molecular flexibility index (Phi) is 5.96. The first-order valence-electron chi connectivity index (χ1n) is 11.0. The van der Waals surface area contributed by atoms with Crippen LogP contribution in [0, 0.1) is 5.82 Å². The molecule has 1 aliphatic rings. The molecule has 5 nitrogen and oxygen atoms in total. The first kappa shape index (κ1) is 21.4. The van der Waals surface area contributed by atoms with Crippen molar-refractivity contribution in [2.45, 2.75) is 6.92 Å². The van der Waals surface area contributed by atoms with Crippen molar-refractivity contribution in [3.8, 4) is 16.3 Å². The van der Waals surface area contributed by atoms with E-state index in [-0.39, 0.29) is 11.7 Å². The van der Waals surface area contributed by atoms with Gasteiger partial charge in [-0.3, -0.25) is 4.79 Å². The molecule has 0 bridgehead atoms. The van der Waals surface area contributed by atoms with Gasteiger partial charge in [0, 0.05) is 31.6 Å². The normalized spacial score (nSPS) is 14.0. The first-order chi connectivity index (χ1) is 16.1. The average molecular weight is 462 g/mol. The van der Waals surface area contributed by atoms with Gasteiger partial charge in [-0.1, -0.05) is 18.2 Å². The topological polar surface area (TPSA) is 45.7 Å². The molecule has 7 heteroatoms. The van der Waals surface area contributed by atoms with Crippen molar-refractivity contribution in [2.24, 2.45) is 0 Å². The molecule has 3 heterocycles. The molecular weight excluding hydrogens is 437 g/mol. The SMILES string of the molecule is CCOc1ccccc1N1CCN(C(=O)c2cc(-c3cccs3)nc3ccc(F)cc23)CC1. The zero-order valence-electron chi connectivity index (χ0n) is 18.3. The Morgan fingerprint density at radius 1 is 1.06 bits per heavy atom. The summed E-state index contributed by atoms with van der Waals surface area (Å²) in [6.07, 6.45) is 0. The van der Waals surface area contributed by atoms with Gasteiger partial charge >= 0.3 is 0 Å². The van der Waals surface area contributed by atoms with Gasteiger partial charge in [0.05, 0.1) is 33.9 Å². The number of carbonyl (C=O) groups excluding carboxylic acids is 1. The van der Waals surface area contributed by atoms with E-state index in [1.54, 1.807) is 23.5 Å². The largest absolute Gasteiger partial charge is 0.492 e. The number of hydrogen-bond donors (Lipinski definition) is 0. The third-order valence-corrected chi connectivity index (χ3v) is 6.74. The number of para-hydroxylation sites is 2. The molecule has 0 radical (unpaired) electrons. The Balaban J connectivity index is 1.42. The first-order valence-corrected chi connectivity index (χ1v) is 11.9. The molecule has 2 aromatic carbocycles. The number of thiophene rings is 1. The van der Waals surface area contributed by atoms with Crippen LogP contribution >= 0.6 is 11.3 Å². The van der Waals surface area contributed by atoms with Crippen molar-refractivity contribution in [1.29, 1.82) is 0 Å². The summed E-state index contributed by atoms with van der Waals surface area (Å²) in [6.45, 7) is 5.13. The summed E-state index contributed by atoms with van der Waals surface area (Å²) >= 11 is 1.57. The van der Waals surface area contributed by atoms with Gasteiger partial charge in [-0.2, -0.15) is 0 Å². The lowest BCUT2D eigenvalue weighted by Crippen LogP contribution is -2.49. The molecule has 0 atom stereocenters. The summed E-state index contributed by atoms with van der Waals surface area (Å²) in [5.41, 5.74) is 2.89. The maximum absolute atomic E-state index is 14.1. The number of aromatic nitrogens is 1. The van der Waals surface area contributed by atoms with Gasteiger partial charge in [0.25, 0.3) is 5.91 Å². The van der Waals surface area contributed by atoms with Crippen LogP contribution in [0.5, 0.6) is 5.75 Å². The molecule has 0 spiro atoms. The number of anilines is 1. The van der Waals surface area contributed by atoms with Gasteiger partial charge in [0.15, 0.2) is 0 Å². The van der Waals surface area contributed by atoms with Gasteiger partial charge in [0.2, 0.25) is 0 Å². The Labute approximate surface area is 196 Å². The summed E-state index contributed by atoms with van der Waals surface area (Å²) < 4.78 is 19.8. The summed E-state index contributed by atoms with van der Waals surface area (Å²) in [7, 11) is 0. The van der Waals surface area contributed by atoms with E-state index in [9.17, 15) is 9.18 Å². The molecule has 0 aliphatic carbocycles. The molecule has 1 saturated heterocycles. The lowest BCUT2D eigenvalue weighted by atomic mass is 10.0. The van der Waals surface area contributed by atoms with Crippen LogP contribution in [-0.2, 0) is 0 Å². The minimum Gasteiger partial charge on any atom is -0.492 e. The standard InChI is InChI=1S/C26H24FN3O2S/c1-2-32-24-7-4-3-6-23(24)29-11-13-30(14-12-29)26(31)20-17-22(25-8-5-15-33-25)28-21-10-9-18(27)16-19(20)21/h3-10,15-17H,2,11-14H2,1H3. The van der Waals surface area contributed by atoms with Crippen LogP contribution in [0.15, 0.2) is 66.0 Å². The number of carbonyl (C=O) groups is 1. The fourth-order valence-corrected chi connectivity index (χ4v) is 4.93. The monoisotopic (exact) mass is 461 g/mol. The summed E-state index contributed by atoms with van der Waals surface area (Å²) in [5, 5.41) is 2.52. The number of rotatable bonds is 5. The van der Waals surface area contributed by atoms with Crippen molar-refractivity contribution in [2.75, 3.05) is 37.7 Å². The van der Waals surface area contributed by atoms with Gasteiger partial charge in [-0.15, -0.1) is 11.3 Å². The second-order valence-electron chi connectivity index (χ2n) is 7.87. The van der Waals surface area contributed by atoms with Crippen LogP contribution in [0.4, 0.5) is 10.1 Å². The fraction of sp³-hybridized carbons (Fsp3) is 0.231. The molecule has 2 aromatic heterocycles. The predicted molar refractivity (Wildman–Crippen MR) is 131 cm³/mol. The molecule has 1 fully saturated rings. The number of piperazine rings is 1. The second-order valence-corrected chi connectivity index (χ2v) is 8.82. The van der Waals surface area contributed by atoms with E-state index in [0.29, 0.717) is 49.3 Å². The average Bonchev–Trinajstić information content (AvgIpc) is 3.39. The maximum atomic E-state index is 14.1. The molecule has 4 aromatic rings. The third-order valence-electron chi connectivity index (χ3n) is 5.85. The van der Waals surface area contributed by atoms with Crippen molar-refractivity contribution in [1.82, 2.24) is 9.88 Å². The quantitative estimate of drug-likeness (QED) is 0.396. The summed E-state index contributed by atoms with van der Waals surface area (Å²) in [4.78, 5) is 23.3. The van der Waals surface area contributed by atoms with E-state index in [0.717, 1.165) is 22.0 Å². The number of hydrogen-bond acceptors (Lipinski definition) is 5. The van der Waals surface area contributed by atoms with E-state index in [4.69, 9.17) is 4.74 Å². The van der Waals surface area contributed by atoms with Crippen molar-refractivity contribution < 1.29 is 13.9 Å². The predicted octanol–water partition coefficient (Wildman–Crippen LogP) is 5.46. The van der Waals surface area contributed by atoms with Crippen LogP contribution in [0.3, 0.4) is 0 Å². The molecule has 5 rings (SSSR count). The van der Waals surface area contributed by atoms with E-state index in [2.05, 4.69) is 16.0 Å². The lowest BCUT2D eigenvalue weighted by Gasteiger charge is -2.37. The van der Waals surface area contributed by atoms with Crippen LogP contribution < -0.4 is 9.64 Å². The molecular formula is C26H24FN3O2S. The van der Waals surface area contributed by atoms with Crippen molar-refractivity contribution >= 4 is 33.8 Å².